The molecule has 7 unspecified atom stereocenters. The van der Waals surface area contributed by atoms with Gasteiger partial charge >= 0.3 is 0 Å². The van der Waals surface area contributed by atoms with Crippen LogP contribution in [0.15, 0.2) is 23.8 Å². The first kappa shape index (κ1) is 17.9. The van der Waals surface area contributed by atoms with Crippen LogP contribution in [-0.4, -0.2) is 10.5 Å². The summed E-state index contributed by atoms with van der Waals surface area (Å²) >= 11 is 9.11. The lowest BCUT2D eigenvalue weighted by Crippen LogP contribution is -2.23. The molecular formula is C18H30S3. The Labute approximate surface area is 148 Å². The third-order valence-electron chi connectivity index (χ3n) is 6.01. The zero-order chi connectivity index (χ0) is 14.3. The van der Waals surface area contributed by atoms with Crippen LogP contribution in [-0.2, 0) is 0 Å². The maximum atomic E-state index is 4.58. The van der Waals surface area contributed by atoms with Crippen LogP contribution in [0.3, 0.4) is 0 Å². The molecule has 0 nitrogen and oxygen atoms in total. The van der Waals surface area contributed by atoms with Crippen LogP contribution in [0.4, 0.5) is 0 Å². The van der Waals surface area contributed by atoms with Crippen LogP contribution in [0.2, 0.25) is 0 Å². The van der Waals surface area contributed by atoms with E-state index in [2.05, 4.69) is 57.3 Å². The van der Waals surface area contributed by atoms with Crippen molar-refractivity contribution in [1.29, 1.82) is 0 Å². The molecule has 0 saturated heterocycles. The van der Waals surface area contributed by atoms with Gasteiger partial charge in [-0.25, -0.2) is 0 Å². The quantitative estimate of drug-likeness (QED) is 0.469. The van der Waals surface area contributed by atoms with E-state index in [1.807, 2.05) is 0 Å². The standard InChI is InChI=1S/C9H16S2.C9H12.H2S/c1-5(10)8-3-7-2-6(8)4-9(7)11;1-2-8-5-7-3-4-9(8)6-7;/h5-11H,2-4H2,1H3;2-4,7,9H,5-6H2,1H3;1H2/b;8-2+;. The van der Waals surface area contributed by atoms with Crippen molar-refractivity contribution in [2.75, 3.05) is 0 Å². The summed E-state index contributed by atoms with van der Waals surface area (Å²) in [5.41, 5.74) is 1.67. The lowest BCUT2D eigenvalue weighted by Gasteiger charge is -2.27. The Balaban J connectivity index is 0.000000149. The maximum Gasteiger partial charge on any atom is 0.00480 e. The zero-order valence-corrected chi connectivity index (χ0v) is 16.0. The highest BCUT2D eigenvalue weighted by Gasteiger charge is 2.45. The second kappa shape index (κ2) is 7.40. The van der Waals surface area contributed by atoms with Crippen LogP contribution in [0, 0.1) is 29.6 Å². The van der Waals surface area contributed by atoms with Crippen molar-refractivity contribution in [2.45, 2.75) is 56.5 Å². The number of rotatable bonds is 1. The van der Waals surface area contributed by atoms with Gasteiger partial charge in [0.1, 0.15) is 0 Å². The molecule has 0 N–H and O–H groups in total. The molecule has 21 heavy (non-hydrogen) atoms. The smallest absolute Gasteiger partial charge is 0.00480 e. The molecule has 3 heteroatoms. The third-order valence-corrected chi connectivity index (χ3v) is 7.03. The average Bonchev–Trinajstić information content (AvgIpc) is 3.17. The molecule has 0 spiro atoms. The Kier molecular flexibility index (Phi) is 6.30. The number of thiol groups is 2. The highest BCUT2D eigenvalue weighted by Crippen LogP contribution is 2.52. The first-order chi connectivity index (χ1) is 9.58. The van der Waals surface area contributed by atoms with E-state index in [9.17, 15) is 0 Å². The molecule has 4 aliphatic rings. The summed E-state index contributed by atoms with van der Waals surface area (Å²) in [6.07, 6.45) is 13.9. The van der Waals surface area contributed by atoms with Gasteiger partial charge in [0.25, 0.3) is 0 Å². The summed E-state index contributed by atoms with van der Waals surface area (Å²) in [7, 11) is 0. The minimum absolute atomic E-state index is 0. The van der Waals surface area contributed by atoms with E-state index in [4.69, 9.17) is 0 Å². The monoisotopic (exact) mass is 342 g/mol. The Morgan fingerprint density at radius 1 is 1.14 bits per heavy atom. The molecule has 0 amide bonds. The fourth-order valence-electron chi connectivity index (χ4n) is 4.87. The van der Waals surface area contributed by atoms with Crippen LogP contribution in [0.25, 0.3) is 0 Å². The minimum Gasteiger partial charge on any atom is -0.197 e. The fourth-order valence-corrected chi connectivity index (χ4v) is 5.75. The SMILES string of the molecule is C/C=C1\CC2C=CC1C2.CC(S)C1CC2CC1CC2S.S. The van der Waals surface area contributed by atoms with Crippen LogP contribution in [0.1, 0.15) is 46.0 Å². The highest BCUT2D eigenvalue weighted by atomic mass is 32.1. The Hall–Kier alpha value is 0.530. The van der Waals surface area contributed by atoms with E-state index in [1.54, 1.807) is 5.57 Å². The van der Waals surface area contributed by atoms with Crippen molar-refractivity contribution in [2.24, 2.45) is 29.6 Å². The molecule has 0 aromatic carbocycles. The number of fused-ring (bicyclic) bond motifs is 4. The molecule has 0 aliphatic heterocycles. The van der Waals surface area contributed by atoms with E-state index in [0.717, 1.165) is 29.6 Å². The lowest BCUT2D eigenvalue weighted by atomic mass is 9.86. The molecule has 7 atom stereocenters. The summed E-state index contributed by atoms with van der Waals surface area (Å²) in [6, 6.07) is 0. The summed E-state index contributed by atoms with van der Waals surface area (Å²) in [4.78, 5) is 0. The Bertz CT molecular complexity index is 411. The molecule has 0 aromatic heterocycles. The maximum absolute atomic E-state index is 4.58. The van der Waals surface area contributed by atoms with E-state index in [1.165, 1.54) is 32.1 Å². The summed E-state index contributed by atoms with van der Waals surface area (Å²) < 4.78 is 0. The van der Waals surface area contributed by atoms with Gasteiger partial charge in [0, 0.05) is 10.5 Å². The van der Waals surface area contributed by atoms with Crippen LogP contribution in [0.5, 0.6) is 0 Å². The Morgan fingerprint density at radius 3 is 2.24 bits per heavy atom. The topological polar surface area (TPSA) is 0 Å². The van der Waals surface area contributed by atoms with Gasteiger partial charge in [0.05, 0.1) is 0 Å². The van der Waals surface area contributed by atoms with E-state index in [0.29, 0.717) is 10.5 Å². The van der Waals surface area contributed by atoms with Crippen LogP contribution < -0.4 is 0 Å². The molecule has 120 valence electrons. The average molecular weight is 343 g/mol. The molecule has 3 saturated carbocycles. The predicted octanol–water partition coefficient (Wildman–Crippen LogP) is 5.29. The summed E-state index contributed by atoms with van der Waals surface area (Å²) in [5, 5.41) is 1.31. The molecule has 0 aromatic rings. The first-order valence-corrected chi connectivity index (χ1v) is 9.31. The first-order valence-electron chi connectivity index (χ1n) is 8.28. The van der Waals surface area contributed by atoms with Crippen molar-refractivity contribution < 1.29 is 0 Å². The molecule has 0 heterocycles. The van der Waals surface area contributed by atoms with Crippen molar-refractivity contribution in [3.63, 3.8) is 0 Å². The summed E-state index contributed by atoms with van der Waals surface area (Å²) in [5.74, 6) is 4.51. The van der Waals surface area contributed by atoms with Crippen LogP contribution >= 0.6 is 38.8 Å². The van der Waals surface area contributed by atoms with Gasteiger partial charge in [-0.1, -0.05) is 30.7 Å². The van der Waals surface area contributed by atoms with Gasteiger partial charge in [-0.15, -0.1) is 0 Å². The second-order valence-electron chi connectivity index (χ2n) is 7.25. The second-order valence-corrected chi connectivity index (χ2v) is 8.73. The molecule has 4 bridgehead atoms. The highest BCUT2D eigenvalue weighted by molar-refractivity contribution is 7.81. The van der Waals surface area contributed by atoms with Gasteiger partial charge in [-0.05, 0) is 68.6 Å². The number of allylic oxidation sites excluding steroid dienone is 4. The van der Waals surface area contributed by atoms with Gasteiger partial charge < -0.3 is 0 Å². The molecular weight excluding hydrogens is 312 g/mol. The Morgan fingerprint density at radius 2 is 1.90 bits per heavy atom. The molecule has 3 fully saturated rings. The van der Waals surface area contributed by atoms with E-state index < -0.39 is 0 Å². The minimum atomic E-state index is 0. The van der Waals surface area contributed by atoms with Crippen molar-refractivity contribution in [3.8, 4) is 0 Å². The van der Waals surface area contributed by atoms with Crippen molar-refractivity contribution in [3.05, 3.63) is 23.8 Å². The lowest BCUT2D eigenvalue weighted by molar-refractivity contribution is 0.339. The van der Waals surface area contributed by atoms with Gasteiger partial charge in [-0.3, -0.25) is 0 Å². The summed E-state index contributed by atoms with van der Waals surface area (Å²) in [6.45, 7) is 4.39. The van der Waals surface area contributed by atoms with Crippen molar-refractivity contribution >= 4 is 38.8 Å². The number of hydrogen-bond donors (Lipinski definition) is 2. The predicted molar refractivity (Wildman–Crippen MR) is 105 cm³/mol. The molecule has 4 rings (SSSR count). The third kappa shape index (κ3) is 3.72. The van der Waals surface area contributed by atoms with Gasteiger partial charge in [0.2, 0.25) is 0 Å². The zero-order valence-electron chi connectivity index (χ0n) is 13.2. The van der Waals surface area contributed by atoms with Crippen molar-refractivity contribution in [1.82, 2.24) is 0 Å². The van der Waals surface area contributed by atoms with Gasteiger partial charge in [0.15, 0.2) is 0 Å². The van der Waals surface area contributed by atoms with Gasteiger partial charge in [-0.2, -0.15) is 38.8 Å². The normalized spacial score (nSPS) is 45.4. The fraction of sp³-hybridized carbons (Fsp3) is 0.778. The molecule has 0 radical (unpaired) electrons. The number of hydrogen-bond acceptors (Lipinski definition) is 2. The largest absolute Gasteiger partial charge is 0.197 e. The van der Waals surface area contributed by atoms with E-state index >= 15 is 0 Å². The van der Waals surface area contributed by atoms with E-state index in [-0.39, 0.29) is 13.5 Å². The molecule has 4 aliphatic carbocycles.